The Morgan fingerprint density at radius 1 is 0.889 bits per heavy atom. The van der Waals surface area contributed by atoms with Gasteiger partial charge in [-0.2, -0.15) is 0 Å². The second-order valence-corrected chi connectivity index (χ2v) is 6.30. The predicted molar refractivity (Wildman–Crippen MR) is 72.7 cm³/mol. The average Bonchev–Trinajstić information content (AvgIpc) is 2.63. The molecule has 0 radical (unpaired) electrons. The first kappa shape index (κ1) is 11.2. The van der Waals surface area contributed by atoms with Crippen LogP contribution >= 0.6 is 0 Å². The van der Waals surface area contributed by atoms with Crippen LogP contribution in [0.4, 0.5) is 0 Å². The van der Waals surface area contributed by atoms with E-state index in [4.69, 9.17) is 0 Å². The van der Waals surface area contributed by atoms with Crippen LogP contribution in [-0.4, -0.2) is 8.42 Å². The van der Waals surface area contributed by atoms with Crippen molar-refractivity contribution in [2.75, 3.05) is 0 Å². The van der Waals surface area contributed by atoms with Crippen molar-refractivity contribution in [1.82, 2.24) is 0 Å². The van der Waals surface area contributed by atoms with Crippen LogP contribution in [0.2, 0.25) is 0 Å². The third-order valence-corrected chi connectivity index (χ3v) is 5.00. The maximum atomic E-state index is 12.4. The predicted octanol–water partition coefficient (Wildman–Crippen LogP) is 3.28. The third-order valence-electron chi connectivity index (χ3n) is 3.12. The van der Waals surface area contributed by atoms with Gasteiger partial charge < -0.3 is 0 Å². The van der Waals surface area contributed by atoms with Gasteiger partial charge in [0.25, 0.3) is 0 Å². The lowest BCUT2D eigenvalue weighted by atomic mass is 10.1. The van der Waals surface area contributed by atoms with E-state index in [-0.39, 0.29) is 0 Å². The summed E-state index contributed by atoms with van der Waals surface area (Å²) in [6, 6.07) is 14.6. The SMILES string of the molecule is Cc1ccc(C2=Cc3ccccc3S2(=O)=O)cc1. The molecule has 0 amide bonds. The molecule has 0 aliphatic carbocycles. The van der Waals surface area contributed by atoms with E-state index in [1.165, 1.54) is 0 Å². The largest absolute Gasteiger partial charge is 0.218 e. The lowest BCUT2D eigenvalue weighted by Crippen LogP contribution is -1.99. The Hall–Kier alpha value is -1.87. The number of hydrogen-bond acceptors (Lipinski definition) is 2. The Morgan fingerprint density at radius 2 is 1.56 bits per heavy atom. The molecule has 2 aromatic carbocycles. The lowest BCUT2D eigenvalue weighted by Gasteiger charge is -2.04. The van der Waals surface area contributed by atoms with Crippen molar-refractivity contribution in [2.24, 2.45) is 0 Å². The molecule has 2 nitrogen and oxygen atoms in total. The van der Waals surface area contributed by atoms with Gasteiger partial charge in [-0.25, -0.2) is 8.42 Å². The summed E-state index contributed by atoms with van der Waals surface area (Å²) in [7, 11) is -3.35. The molecule has 0 spiro atoms. The molecule has 0 bridgehead atoms. The Labute approximate surface area is 107 Å². The molecule has 0 fully saturated rings. The number of benzene rings is 2. The number of fused-ring (bicyclic) bond motifs is 1. The summed E-state index contributed by atoms with van der Waals surface area (Å²) in [6.07, 6.45) is 1.75. The standard InChI is InChI=1S/C15H12O2S/c1-11-6-8-12(9-7-11)15-10-13-4-2-3-5-14(13)18(15,16)17/h2-10H,1H3. The van der Waals surface area contributed by atoms with E-state index in [0.29, 0.717) is 9.80 Å². The minimum atomic E-state index is -3.35. The molecule has 0 saturated carbocycles. The first-order valence-electron chi connectivity index (χ1n) is 5.72. The van der Waals surface area contributed by atoms with Crippen molar-refractivity contribution < 1.29 is 8.42 Å². The molecular formula is C15H12O2S. The molecule has 1 aliphatic rings. The Kier molecular flexibility index (Phi) is 2.38. The molecule has 90 valence electrons. The third kappa shape index (κ3) is 1.59. The highest BCUT2D eigenvalue weighted by Crippen LogP contribution is 2.38. The fourth-order valence-corrected chi connectivity index (χ4v) is 3.80. The zero-order valence-corrected chi connectivity index (χ0v) is 10.7. The molecule has 1 heterocycles. The lowest BCUT2D eigenvalue weighted by molar-refractivity contribution is 0.606. The summed E-state index contributed by atoms with van der Waals surface area (Å²) >= 11 is 0. The van der Waals surface area contributed by atoms with E-state index in [1.54, 1.807) is 18.2 Å². The van der Waals surface area contributed by atoms with E-state index in [9.17, 15) is 8.42 Å². The van der Waals surface area contributed by atoms with Crippen LogP contribution in [0.25, 0.3) is 11.0 Å². The second-order valence-electron chi connectivity index (χ2n) is 4.42. The molecule has 3 heteroatoms. The molecule has 0 N–H and O–H groups in total. The number of hydrogen-bond donors (Lipinski definition) is 0. The van der Waals surface area contributed by atoms with Crippen molar-refractivity contribution in [3.63, 3.8) is 0 Å². The fraction of sp³-hybridized carbons (Fsp3) is 0.0667. The van der Waals surface area contributed by atoms with E-state index < -0.39 is 9.84 Å². The average molecular weight is 256 g/mol. The first-order chi connectivity index (χ1) is 8.59. The van der Waals surface area contributed by atoms with Gasteiger partial charge in [0.15, 0.2) is 0 Å². The Morgan fingerprint density at radius 3 is 2.22 bits per heavy atom. The van der Waals surface area contributed by atoms with E-state index in [0.717, 1.165) is 16.7 Å². The van der Waals surface area contributed by atoms with Gasteiger partial charge in [0.05, 0.1) is 9.80 Å². The van der Waals surface area contributed by atoms with Gasteiger partial charge in [0.1, 0.15) is 0 Å². The van der Waals surface area contributed by atoms with Crippen LogP contribution < -0.4 is 0 Å². The number of sulfone groups is 1. The van der Waals surface area contributed by atoms with Crippen molar-refractivity contribution in [1.29, 1.82) is 0 Å². The molecule has 3 rings (SSSR count). The highest BCUT2D eigenvalue weighted by molar-refractivity contribution is 8.01. The highest BCUT2D eigenvalue weighted by atomic mass is 32.2. The fourth-order valence-electron chi connectivity index (χ4n) is 2.14. The first-order valence-corrected chi connectivity index (χ1v) is 7.20. The van der Waals surface area contributed by atoms with Crippen molar-refractivity contribution in [2.45, 2.75) is 11.8 Å². The van der Waals surface area contributed by atoms with Crippen LogP contribution in [0.3, 0.4) is 0 Å². The van der Waals surface area contributed by atoms with Gasteiger partial charge in [-0.15, -0.1) is 0 Å². The van der Waals surface area contributed by atoms with Gasteiger partial charge in [-0.1, -0.05) is 48.0 Å². The van der Waals surface area contributed by atoms with E-state index in [1.807, 2.05) is 43.3 Å². The highest BCUT2D eigenvalue weighted by Gasteiger charge is 2.29. The van der Waals surface area contributed by atoms with Crippen LogP contribution in [0, 0.1) is 6.92 Å². The van der Waals surface area contributed by atoms with Crippen molar-refractivity contribution in [3.8, 4) is 0 Å². The maximum Gasteiger partial charge on any atom is 0.207 e. The normalized spacial score (nSPS) is 16.2. The smallest absolute Gasteiger partial charge is 0.207 e. The Bertz CT molecular complexity index is 738. The Balaban J connectivity index is 2.20. The summed E-state index contributed by atoms with van der Waals surface area (Å²) in [4.78, 5) is 0.796. The minimum Gasteiger partial charge on any atom is -0.218 e. The molecular weight excluding hydrogens is 244 g/mol. The summed E-state index contributed by atoms with van der Waals surface area (Å²) in [5, 5.41) is 0. The van der Waals surface area contributed by atoms with E-state index >= 15 is 0 Å². The molecule has 2 aromatic rings. The summed E-state index contributed by atoms with van der Waals surface area (Å²) in [6.45, 7) is 1.98. The quantitative estimate of drug-likeness (QED) is 0.784. The van der Waals surface area contributed by atoms with E-state index in [2.05, 4.69) is 0 Å². The monoisotopic (exact) mass is 256 g/mol. The van der Waals surface area contributed by atoms with Gasteiger partial charge >= 0.3 is 0 Å². The van der Waals surface area contributed by atoms with Gasteiger partial charge in [-0.05, 0) is 30.2 Å². The van der Waals surface area contributed by atoms with Gasteiger partial charge in [0, 0.05) is 0 Å². The van der Waals surface area contributed by atoms with Gasteiger partial charge in [-0.3, -0.25) is 0 Å². The number of rotatable bonds is 1. The summed E-state index contributed by atoms with van der Waals surface area (Å²) in [5.74, 6) is 0. The van der Waals surface area contributed by atoms with Crippen molar-refractivity contribution in [3.05, 3.63) is 65.2 Å². The molecule has 0 saturated heterocycles. The summed E-state index contributed by atoms with van der Waals surface area (Å²) < 4.78 is 24.8. The van der Waals surface area contributed by atoms with Crippen LogP contribution in [0.5, 0.6) is 0 Å². The molecule has 0 atom stereocenters. The zero-order valence-electron chi connectivity index (χ0n) is 9.92. The van der Waals surface area contributed by atoms with Crippen molar-refractivity contribution >= 4 is 20.8 Å². The van der Waals surface area contributed by atoms with Crippen LogP contribution in [0.15, 0.2) is 53.4 Å². The van der Waals surface area contributed by atoms with Crippen LogP contribution in [-0.2, 0) is 9.84 Å². The van der Waals surface area contributed by atoms with Crippen LogP contribution in [0.1, 0.15) is 16.7 Å². The maximum absolute atomic E-state index is 12.4. The molecule has 18 heavy (non-hydrogen) atoms. The minimum absolute atomic E-state index is 0.392. The molecule has 0 unspecified atom stereocenters. The molecule has 0 aromatic heterocycles. The van der Waals surface area contributed by atoms with Gasteiger partial charge in [0.2, 0.25) is 9.84 Å². The summed E-state index contributed by atoms with van der Waals surface area (Å²) in [5.41, 5.74) is 2.64. The topological polar surface area (TPSA) is 34.1 Å². The molecule has 1 aliphatic heterocycles. The number of aryl methyl sites for hydroxylation is 1. The zero-order chi connectivity index (χ0) is 12.8. The second kappa shape index (κ2) is 3.82.